The third kappa shape index (κ3) is 2.73. The zero-order valence-corrected chi connectivity index (χ0v) is 11.7. The van der Waals surface area contributed by atoms with Gasteiger partial charge in [-0.1, -0.05) is 41.9 Å². The molecule has 1 atom stereocenters. The van der Waals surface area contributed by atoms with Gasteiger partial charge in [-0.25, -0.2) is 0 Å². The van der Waals surface area contributed by atoms with Crippen molar-refractivity contribution in [2.24, 2.45) is 5.10 Å². The molecule has 2 aromatic carbocycles. The maximum absolute atomic E-state index is 11.1. The first-order chi connectivity index (χ1) is 10.1. The molecular weight excluding hydrogens is 290 g/mol. The summed E-state index contributed by atoms with van der Waals surface area (Å²) in [5.74, 6) is 0. The van der Waals surface area contributed by atoms with E-state index in [9.17, 15) is 10.1 Å². The van der Waals surface area contributed by atoms with Crippen molar-refractivity contribution in [3.63, 3.8) is 0 Å². The summed E-state index contributed by atoms with van der Waals surface area (Å²) in [4.78, 5) is 10.7. The van der Waals surface area contributed by atoms with E-state index in [4.69, 9.17) is 11.6 Å². The second kappa shape index (κ2) is 5.54. The van der Waals surface area contributed by atoms with Crippen molar-refractivity contribution in [1.29, 1.82) is 0 Å². The molecule has 0 radical (unpaired) electrons. The Bertz CT molecular complexity index is 716. The lowest BCUT2D eigenvalue weighted by atomic mass is 9.98. The fraction of sp³-hybridized carbons (Fsp3) is 0.133. The minimum absolute atomic E-state index is 0.0569. The zero-order valence-electron chi connectivity index (χ0n) is 11.0. The molecule has 0 aliphatic carbocycles. The molecule has 5 nitrogen and oxygen atoms in total. The molecule has 0 fully saturated rings. The average Bonchev–Trinajstić information content (AvgIpc) is 2.97. The van der Waals surface area contributed by atoms with Gasteiger partial charge in [-0.2, -0.15) is 5.10 Å². The third-order valence-corrected chi connectivity index (χ3v) is 3.66. The van der Waals surface area contributed by atoms with Crippen molar-refractivity contribution in [3.8, 4) is 0 Å². The Kier molecular flexibility index (Phi) is 3.58. The number of nitro benzene ring substituents is 1. The number of hydrazone groups is 1. The molecule has 1 N–H and O–H groups in total. The van der Waals surface area contributed by atoms with Crippen molar-refractivity contribution < 1.29 is 4.92 Å². The van der Waals surface area contributed by atoms with Gasteiger partial charge in [0.1, 0.15) is 0 Å². The lowest BCUT2D eigenvalue weighted by molar-refractivity contribution is -0.385. The molecule has 0 saturated carbocycles. The van der Waals surface area contributed by atoms with Gasteiger partial charge in [0, 0.05) is 17.5 Å². The predicted molar refractivity (Wildman–Crippen MR) is 81.6 cm³/mol. The van der Waals surface area contributed by atoms with Crippen LogP contribution in [-0.2, 0) is 0 Å². The molecule has 1 heterocycles. The first kappa shape index (κ1) is 13.6. The summed E-state index contributed by atoms with van der Waals surface area (Å²) >= 11 is 5.97. The highest BCUT2D eigenvalue weighted by Crippen LogP contribution is 2.33. The SMILES string of the molecule is O=[N+]([O-])c1ccc(Cl)cc1C1CC(c2ccccc2)=NN1. The molecule has 2 aromatic rings. The van der Waals surface area contributed by atoms with Crippen molar-refractivity contribution in [3.05, 3.63) is 74.8 Å². The van der Waals surface area contributed by atoms with Crippen LogP contribution >= 0.6 is 11.6 Å². The smallest absolute Gasteiger partial charge is 0.274 e. The molecule has 1 aliphatic rings. The van der Waals surface area contributed by atoms with E-state index in [2.05, 4.69) is 10.5 Å². The van der Waals surface area contributed by atoms with E-state index < -0.39 is 4.92 Å². The van der Waals surface area contributed by atoms with Crippen LogP contribution in [0.4, 0.5) is 5.69 Å². The highest BCUT2D eigenvalue weighted by molar-refractivity contribution is 6.30. The maximum atomic E-state index is 11.1. The van der Waals surface area contributed by atoms with Crippen LogP contribution in [0.1, 0.15) is 23.6 Å². The van der Waals surface area contributed by atoms with Gasteiger partial charge in [0.05, 0.1) is 22.2 Å². The number of nitrogens with one attached hydrogen (secondary N) is 1. The number of halogens is 1. The van der Waals surface area contributed by atoms with Gasteiger partial charge in [0.2, 0.25) is 0 Å². The minimum Gasteiger partial charge on any atom is -0.302 e. The molecule has 0 aromatic heterocycles. The first-order valence-corrected chi connectivity index (χ1v) is 6.84. The number of hydrogen-bond acceptors (Lipinski definition) is 4. The van der Waals surface area contributed by atoms with E-state index in [0.717, 1.165) is 11.3 Å². The Morgan fingerprint density at radius 1 is 1.24 bits per heavy atom. The number of rotatable bonds is 3. The van der Waals surface area contributed by atoms with Gasteiger partial charge in [0.25, 0.3) is 5.69 Å². The van der Waals surface area contributed by atoms with Gasteiger partial charge < -0.3 is 5.43 Å². The monoisotopic (exact) mass is 301 g/mol. The molecule has 0 spiro atoms. The van der Waals surface area contributed by atoms with E-state index in [1.807, 2.05) is 30.3 Å². The maximum Gasteiger partial charge on any atom is 0.274 e. The van der Waals surface area contributed by atoms with Crippen LogP contribution in [0, 0.1) is 10.1 Å². The number of nitro groups is 1. The van der Waals surface area contributed by atoms with Gasteiger partial charge in [-0.3, -0.25) is 10.1 Å². The van der Waals surface area contributed by atoms with Crippen molar-refractivity contribution in [2.45, 2.75) is 12.5 Å². The normalized spacial score (nSPS) is 17.2. The quantitative estimate of drug-likeness (QED) is 0.694. The van der Waals surface area contributed by atoms with E-state index in [-0.39, 0.29) is 11.7 Å². The second-order valence-corrected chi connectivity index (χ2v) is 5.21. The van der Waals surface area contributed by atoms with Gasteiger partial charge in [0.15, 0.2) is 0 Å². The second-order valence-electron chi connectivity index (χ2n) is 4.77. The van der Waals surface area contributed by atoms with Crippen LogP contribution in [0.2, 0.25) is 5.02 Å². The summed E-state index contributed by atoms with van der Waals surface area (Å²) in [5, 5.41) is 15.9. The van der Waals surface area contributed by atoms with Gasteiger partial charge in [-0.15, -0.1) is 0 Å². The van der Waals surface area contributed by atoms with Crippen LogP contribution in [0.3, 0.4) is 0 Å². The highest BCUT2D eigenvalue weighted by Gasteiger charge is 2.27. The molecule has 0 amide bonds. The lowest BCUT2D eigenvalue weighted by Crippen LogP contribution is -2.12. The van der Waals surface area contributed by atoms with Crippen molar-refractivity contribution >= 4 is 23.0 Å². The Balaban J connectivity index is 1.88. The molecular formula is C15H12ClN3O2. The van der Waals surface area contributed by atoms with E-state index in [0.29, 0.717) is 17.0 Å². The van der Waals surface area contributed by atoms with E-state index in [1.54, 1.807) is 6.07 Å². The first-order valence-electron chi connectivity index (χ1n) is 6.46. The average molecular weight is 302 g/mol. The highest BCUT2D eigenvalue weighted by atomic mass is 35.5. The Morgan fingerprint density at radius 2 is 2.00 bits per heavy atom. The van der Waals surface area contributed by atoms with Crippen molar-refractivity contribution in [2.75, 3.05) is 0 Å². The Labute approximate surface area is 126 Å². The third-order valence-electron chi connectivity index (χ3n) is 3.42. The summed E-state index contributed by atoms with van der Waals surface area (Å²) in [6.45, 7) is 0. The van der Waals surface area contributed by atoms with Gasteiger partial charge >= 0.3 is 0 Å². The summed E-state index contributed by atoms with van der Waals surface area (Å²) in [7, 11) is 0. The van der Waals surface area contributed by atoms with Crippen LogP contribution in [-0.4, -0.2) is 10.6 Å². The van der Waals surface area contributed by atoms with Crippen LogP contribution in [0.5, 0.6) is 0 Å². The number of hydrogen-bond donors (Lipinski definition) is 1. The summed E-state index contributed by atoms with van der Waals surface area (Å²) in [6, 6.07) is 14.1. The standard InChI is InChI=1S/C15H12ClN3O2/c16-11-6-7-15(19(20)21)12(8-11)14-9-13(17-18-14)10-4-2-1-3-5-10/h1-8,14,18H,9H2. The fourth-order valence-electron chi connectivity index (χ4n) is 2.40. The molecule has 1 unspecified atom stereocenters. The molecule has 1 aliphatic heterocycles. The Hall–Kier alpha value is -2.40. The number of nitrogens with zero attached hydrogens (tertiary/aromatic N) is 2. The molecule has 106 valence electrons. The lowest BCUT2D eigenvalue weighted by Gasteiger charge is -2.11. The molecule has 0 bridgehead atoms. The van der Waals surface area contributed by atoms with E-state index >= 15 is 0 Å². The topological polar surface area (TPSA) is 67.5 Å². The molecule has 0 saturated heterocycles. The molecule has 6 heteroatoms. The van der Waals surface area contributed by atoms with Crippen LogP contribution in [0.25, 0.3) is 0 Å². The Morgan fingerprint density at radius 3 is 2.71 bits per heavy atom. The van der Waals surface area contributed by atoms with E-state index in [1.165, 1.54) is 12.1 Å². The van der Waals surface area contributed by atoms with Crippen LogP contribution in [0.15, 0.2) is 53.6 Å². The minimum atomic E-state index is -0.395. The summed E-state index contributed by atoms with van der Waals surface area (Å²) in [5.41, 5.74) is 5.48. The summed E-state index contributed by atoms with van der Waals surface area (Å²) < 4.78 is 0. The van der Waals surface area contributed by atoms with Crippen molar-refractivity contribution in [1.82, 2.24) is 5.43 Å². The predicted octanol–water partition coefficient (Wildman–Crippen LogP) is 3.69. The van der Waals surface area contributed by atoms with Crippen LogP contribution < -0.4 is 5.43 Å². The fourth-order valence-corrected chi connectivity index (χ4v) is 2.58. The molecule has 21 heavy (non-hydrogen) atoms. The molecule has 3 rings (SSSR count). The summed E-state index contributed by atoms with van der Waals surface area (Å²) in [6.07, 6.45) is 0.588. The largest absolute Gasteiger partial charge is 0.302 e. The number of benzene rings is 2. The zero-order chi connectivity index (χ0) is 14.8. The van der Waals surface area contributed by atoms with Gasteiger partial charge in [-0.05, 0) is 17.7 Å².